The number of hydrogen-bond donors (Lipinski definition) is 1. The normalized spacial score (nSPS) is 14.8. The summed E-state index contributed by atoms with van der Waals surface area (Å²) < 4.78 is 15.6. The molecule has 1 aliphatic rings. The average Bonchev–Trinajstić information content (AvgIpc) is 3.28. The van der Waals surface area contributed by atoms with Crippen LogP contribution in [0.5, 0.6) is 0 Å². The van der Waals surface area contributed by atoms with Crippen molar-refractivity contribution in [3.05, 3.63) is 100 Å². The molecule has 1 fully saturated rings. The first-order chi connectivity index (χ1) is 16.8. The smallest absolute Gasteiger partial charge is 0.270 e. The molecule has 0 radical (unpaired) electrons. The van der Waals surface area contributed by atoms with E-state index in [1.54, 1.807) is 24.3 Å². The number of hydrogen-bond acceptors (Lipinski definition) is 4. The van der Waals surface area contributed by atoms with Gasteiger partial charge in [0.05, 0.1) is 10.6 Å². The van der Waals surface area contributed by atoms with Gasteiger partial charge in [0.2, 0.25) is 0 Å². The SMILES string of the molecule is Cc1c(/C=C2/SC(=S)N(c3cccc(C(=O)Nc4ccc(F)cc4)c3)C2=O)c2ccccc2n1C. The molecule has 1 saturated heterocycles. The van der Waals surface area contributed by atoms with E-state index in [2.05, 4.69) is 9.88 Å². The molecule has 0 bridgehead atoms. The van der Waals surface area contributed by atoms with E-state index in [0.29, 0.717) is 26.2 Å². The van der Waals surface area contributed by atoms with Crippen LogP contribution in [0.4, 0.5) is 15.8 Å². The molecule has 0 aliphatic carbocycles. The molecule has 0 unspecified atom stereocenters. The monoisotopic (exact) mass is 501 g/mol. The van der Waals surface area contributed by atoms with E-state index < -0.39 is 0 Å². The van der Waals surface area contributed by atoms with Crippen molar-refractivity contribution < 1.29 is 14.0 Å². The molecule has 174 valence electrons. The maximum Gasteiger partial charge on any atom is 0.270 e. The number of carbonyl (C=O) groups is 2. The Hall–Kier alpha value is -3.75. The van der Waals surface area contributed by atoms with Crippen LogP contribution in [0.2, 0.25) is 0 Å². The van der Waals surface area contributed by atoms with Crippen LogP contribution in [0, 0.1) is 12.7 Å². The first kappa shape index (κ1) is 23.0. The second kappa shape index (κ2) is 9.13. The van der Waals surface area contributed by atoms with E-state index in [-0.39, 0.29) is 17.6 Å². The Labute approximate surface area is 211 Å². The fourth-order valence-corrected chi connectivity index (χ4v) is 5.36. The average molecular weight is 502 g/mol. The molecule has 5 rings (SSSR count). The van der Waals surface area contributed by atoms with Gasteiger partial charge in [-0.1, -0.05) is 48.2 Å². The summed E-state index contributed by atoms with van der Waals surface area (Å²) >= 11 is 6.78. The van der Waals surface area contributed by atoms with E-state index in [9.17, 15) is 14.0 Å². The number of rotatable bonds is 4. The first-order valence-corrected chi connectivity index (χ1v) is 12.0. The molecular weight excluding hydrogens is 481 g/mol. The van der Waals surface area contributed by atoms with Gasteiger partial charge in [-0.15, -0.1) is 0 Å². The molecule has 0 saturated carbocycles. The van der Waals surface area contributed by atoms with E-state index >= 15 is 0 Å². The molecule has 4 aromatic rings. The highest BCUT2D eigenvalue weighted by Gasteiger charge is 2.34. The Kier molecular flexibility index (Phi) is 6.00. The highest BCUT2D eigenvalue weighted by molar-refractivity contribution is 8.27. The van der Waals surface area contributed by atoms with Crippen molar-refractivity contribution in [1.82, 2.24) is 4.57 Å². The lowest BCUT2D eigenvalue weighted by molar-refractivity contribution is -0.113. The van der Waals surface area contributed by atoms with Crippen molar-refractivity contribution in [2.75, 3.05) is 10.2 Å². The minimum atomic E-state index is -0.383. The number of nitrogens with one attached hydrogen (secondary N) is 1. The van der Waals surface area contributed by atoms with Gasteiger partial charge < -0.3 is 9.88 Å². The number of aryl methyl sites for hydroxylation is 1. The number of para-hydroxylation sites is 1. The largest absolute Gasteiger partial charge is 0.347 e. The lowest BCUT2D eigenvalue weighted by Crippen LogP contribution is -2.27. The summed E-state index contributed by atoms with van der Waals surface area (Å²) in [5, 5.41) is 3.80. The molecule has 1 aromatic heterocycles. The number of thiocarbonyl (C=S) groups is 1. The second-order valence-corrected chi connectivity index (χ2v) is 9.78. The zero-order chi connectivity index (χ0) is 24.7. The molecular formula is C27H20FN3O2S2. The molecule has 5 nitrogen and oxygen atoms in total. The van der Waals surface area contributed by atoms with Crippen LogP contribution in [0.1, 0.15) is 21.6 Å². The minimum Gasteiger partial charge on any atom is -0.347 e. The van der Waals surface area contributed by atoms with Gasteiger partial charge in [0.15, 0.2) is 4.32 Å². The van der Waals surface area contributed by atoms with Gasteiger partial charge >= 0.3 is 0 Å². The number of thioether (sulfide) groups is 1. The lowest BCUT2D eigenvalue weighted by atomic mass is 10.1. The van der Waals surface area contributed by atoms with Crippen LogP contribution in [-0.2, 0) is 11.8 Å². The number of halogens is 1. The molecule has 0 spiro atoms. The fourth-order valence-electron chi connectivity index (χ4n) is 4.08. The van der Waals surface area contributed by atoms with E-state index in [4.69, 9.17) is 12.2 Å². The summed E-state index contributed by atoms with van der Waals surface area (Å²) in [6.45, 7) is 2.02. The van der Waals surface area contributed by atoms with Crippen LogP contribution in [0.25, 0.3) is 17.0 Å². The summed E-state index contributed by atoms with van der Waals surface area (Å²) in [5.74, 6) is -0.986. The molecule has 35 heavy (non-hydrogen) atoms. The quantitative estimate of drug-likeness (QED) is 0.264. The van der Waals surface area contributed by atoms with Gasteiger partial charge in [-0.05, 0) is 61.5 Å². The summed E-state index contributed by atoms with van der Waals surface area (Å²) in [6, 6.07) is 20.3. The third-order valence-corrected chi connectivity index (χ3v) is 7.29. The van der Waals surface area contributed by atoms with Gasteiger partial charge in [0.25, 0.3) is 11.8 Å². The maximum atomic E-state index is 13.4. The molecule has 1 aliphatic heterocycles. The molecule has 3 aromatic carbocycles. The van der Waals surface area contributed by atoms with Crippen molar-refractivity contribution in [2.45, 2.75) is 6.92 Å². The topological polar surface area (TPSA) is 54.3 Å². The third kappa shape index (κ3) is 4.26. The van der Waals surface area contributed by atoms with Gasteiger partial charge in [0, 0.05) is 40.5 Å². The predicted octanol–water partition coefficient (Wildman–Crippen LogP) is 6.28. The number of amides is 2. The molecule has 2 heterocycles. The number of fused-ring (bicyclic) bond motifs is 1. The molecule has 0 atom stereocenters. The Balaban J connectivity index is 1.44. The Morgan fingerprint density at radius 2 is 1.80 bits per heavy atom. The Bertz CT molecular complexity index is 1540. The van der Waals surface area contributed by atoms with E-state index in [0.717, 1.165) is 22.2 Å². The van der Waals surface area contributed by atoms with Crippen molar-refractivity contribution in [2.24, 2.45) is 7.05 Å². The van der Waals surface area contributed by atoms with E-state index in [1.165, 1.54) is 40.9 Å². The number of carbonyl (C=O) groups excluding carboxylic acids is 2. The minimum absolute atomic E-state index is 0.233. The summed E-state index contributed by atoms with van der Waals surface area (Å²) in [5.41, 5.74) is 4.46. The van der Waals surface area contributed by atoms with Crippen LogP contribution in [-0.4, -0.2) is 20.7 Å². The highest BCUT2D eigenvalue weighted by atomic mass is 32.2. The van der Waals surface area contributed by atoms with Crippen LogP contribution in [0.15, 0.2) is 77.7 Å². The Morgan fingerprint density at radius 1 is 1.06 bits per heavy atom. The maximum absolute atomic E-state index is 13.4. The predicted molar refractivity (Wildman–Crippen MR) is 144 cm³/mol. The molecule has 1 N–H and O–H groups in total. The molecule has 2 amide bonds. The van der Waals surface area contributed by atoms with Gasteiger partial charge in [-0.3, -0.25) is 14.5 Å². The zero-order valence-corrected chi connectivity index (χ0v) is 20.5. The van der Waals surface area contributed by atoms with E-state index in [1.807, 2.05) is 44.3 Å². The van der Waals surface area contributed by atoms with Crippen molar-refractivity contribution >= 4 is 68.5 Å². The fraction of sp³-hybridized carbons (Fsp3) is 0.0741. The van der Waals surface area contributed by atoms with Gasteiger partial charge in [0.1, 0.15) is 5.82 Å². The standard InChI is InChI=1S/C27H20FN3O2S2/c1-16-22(21-8-3-4-9-23(21)30(16)2)15-24-26(33)31(27(34)35-24)20-7-5-6-17(14-20)25(32)29-19-12-10-18(28)11-13-19/h3-15H,1-2H3,(H,29,32)/b24-15+. The van der Waals surface area contributed by atoms with Crippen LogP contribution in [0.3, 0.4) is 0 Å². The Morgan fingerprint density at radius 3 is 2.57 bits per heavy atom. The first-order valence-electron chi connectivity index (χ1n) is 10.8. The van der Waals surface area contributed by atoms with Gasteiger partial charge in [-0.2, -0.15) is 0 Å². The van der Waals surface area contributed by atoms with Crippen molar-refractivity contribution in [3.63, 3.8) is 0 Å². The molecule has 8 heteroatoms. The highest BCUT2D eigenvalue weighted by Crippen LogP contribution is 2.38. The van der Waals surface area contributed by atoms with Crippen LogP contribution < -0.4 is 10.2 Å². The third-order valence-electron chi connectivity index (χ3n) is 5.99. The number of anilines is 2. The number of benzene rings is 3. The van der Waals surface area contributed by atoms with Gasteiger partial charge in [-0.25, -0.2) is 4.39 Å². The summed E-state index contributed by atoms with van der Waals surface area (Å²) in [7, 11) is 2.00. The lowest BCUT2D eigenvalue weighted by Gasteiger charge is -2.15. The summed E-state index contributed by atoms with van der Waals surface area (Å²) in [4.78, 5) is 28.1. The second-order valence-electron chi connectivity index (χ2n) is 8.10. The summed E-state index contributed by atoms with van der Waals surface area (Å²) in [6.07, 6.45) is 1.89. The van der Waals surface area contributed by atoms with Crippen molar-refractivity contribution in [3.8, 4) is 0 Å². The van der Waals surface area contributed by atoms with Crippen LogP contribution >= 0.6 is 24.0 Å². The number of aromatic nitrogens is 1. The number of nitrogens with zero attached hydrogens (tertiary/aromatic N) is 2. The zero-order valence-electron chi connectivity index (χ0n) is 18.9. The van der Waals surface area contributed by atoms with Crippen molar-refractivity contribution in [1.29, 1.82) is 0 Å².